The number of benzene rings is 1. The number of carbonyl (C=O) groups excluding carboxylic acids is 2. The van der Waals surface area contributed by atoms with Crippen LogP contribution in [0.2, 0.25) is 0 Å². The van der Waals surface area contributed by atoms with Gasteiger partial charge in [-0.2, -0.15) is 0 Å². The molecule has 0 atom stereocenters. The minimum Gasteiger partial charge on any atom is -0.469 e. The maximum atomic E-state index is 12.4. The van der Waals surface area contributed by atoms with Crippen molar-refractivity contribution in [1.82, 2.24) is 9.88 Å². The summed E-state index contributed by atoms with van der Waals surface area (Å²) in [5.74, 6) is 0.348. The van der Waals surface area contributed by atoms with Crippen molar-refractivity contribution in [1.29, 1.82) is 0 Å². The number of carbonyl (C=O) groups is 2. The van der Waals surface area contributed by atoms with Crippen molar-refractivity contribution in [2.75, 3.05) is 32.6 Å². The first-order valence-corrected chi connectivity index (χ1v) is 8.50. The molecular formula is C19H23N3O3. The third-order valence-corrected chi connectivity index (χ3v) is 4.70. The molecule has 0 spiro atoms. The largest absolute Gasteiger partial charge is 0.469 e. The molecule has 1 saturated heterocycles. The van der Waals surface area contributed by atoms with Gasteiger partial charge >= 0.3 is 5.97 Å². The number of pyridine rings is 1. The maximum absolute atomic E-state index is 12.4. The summed E-state index contributed by atoms with van der Waals surface area (Å²) in [6.07, 6.45) is 3.71. The van der Waals surface area contributed by atoms with E-state index in [1.54, 1.807) is 6.20 Å². The molecule has 2 aromatic rings. The van der Waals surface area contributed by atoms with Gasteiger partial charge in [0, 0.05) is 17.5 Å². The summed E-state index contributed by atoms with van der Waals surface area (Å²) < 4.78 is 4.71. The topological polar surface area (TPSA) is 71.5 Å². The molecule has 0 saturated carbocycles. The lowest BCUT2D eigenvalue weighted by Crippen LogP contribution is -2.36. The van der Waals surface area contributed by atoms with Crippen molar-refractivity contribution in [2.45, 2.75) is 19.3 Å². The molecule has 0 aliphatic carbocycles. The van der Waals surface area contributed by atoms with Gasteiger partial charge < -0.3 is 15.0 Å². The van der Waals surface area contributed by atoms with E-state index in [4.69, 9.17) is 4.74 Å². The second kappa shape index (κ2) is 7.61. The van der Waals surface area contributed by atoms with Crippen molar-refractivity contribution in [2.24, 2.45) is 5.92 Å². The van der Waals surface area contributed by atoms with Gasteiger partial charge in [0.15, 0.2) is 0 Å². The average molecular weight is 341 g/mol. The normalized spacial score (nSPS) is 15.9. The second-order valence-electron chi connectivity index (χ2n) is 6.57. The number of methoxy groups -OCH3 is 1. The van der Waals surface area contributed by atoms with E-state index in [0.717, 1.165) is 42.3 Å². The predicted octanol–water partition coefficient (Wildman–Crippen LogP) is 2.23. The van der Waals surface area contributed by atoms with Crippen LogP contribution in [0, 0.1) is 5.92 Å². The maximum Gasteiger partial charge on any atom is 0.309 e. The van der Waals surface area contributed by atoms with Crippen molar-refractivity contribution in [3.63, 3.8) is 0 Å². The molecule has 2 heterocycles. The SMILES string of the molecule is COC(=O)Cc1ccc2cnc(NC(=O)C3CCN(C)CC3)cc2c1. The number of rotatable bonds is 4. The lowest BCUT2D eigenvalue weighted by atomic mass is 9.96. The Labute approximate surface area is 147 Å². The Kier molecular flexibility index (Phi) is 5.28. The Morgan fingerprint density at radius 1 is 1.24 bits per heavy atom. The average Bonchev–Trinajstić information content (AvgIpc) is 2.61. The minimum atomic E-state index is -0.274. The standard InChI is InChI=1S/C19H23N3O3/c1-22-7-5-14(6-8-22)19(24)21-17-11-16-9-13(10-18(23)25-2)3-4-15(16)12-20-17/h3-4,9,11-12,14H,5-8,10H2,1-2H3,(H,20,21,24). The fourth-order valence-corrected chi connectivity index (χ4v) is 3.11. The summed E-state index contributed by atoms with van der Waals surface area (Å²) in [6, 6.07) is 7.59. The van der Waals surface area contributed by atoms with Crippen molar-refractivity contribution in [3.8, 4) is 0 Å². The monoisotopic (exact) mass is 341 g/mol. The van der Waals surface area contributed by atoms with Crippen LogP contribution in [0.1, 0.15) is 18.4 Å². The number of hydrogen-bond acceptors (Lipinski definition) is 5. The molecule has 1 N–H and O–H groups in total. The van der Waals surface area contributed by atoms with E-state index in [9.17, 15) is 9.59 Å². The van der Waals surface area contributed by atoms with Crippen molar-refractivity contribution in [3.05, 3.63) is 36.0 Å². The second-order valence-corrected chi connectivity index (χ2v) is 6.57. The van der Waals surface area contributed by atoms with Crippen LogP contribution in [0.15, 0.2) is 30.5 Å². The third kappa shape index (κ3) is 4.33. The van der Waals surface area contributed by atoms with E-state index in [2.05, 4.69) is 22.2 Å². The van der Waals surface area contributed by atoms with Crippen LogP contribution in [0.5, 0.6) is 0 Å². The van der Waals surface area contributed by atoms with Crippen LogP contribution in [0.25, 0.3) is 10.8 Å². The number of piperidine rings is 1. The van der Waals surface area contributed by atoms with Gasteiger partial charge in [0.1, 0.15) is 5.82 Å². The number of anilines is 1. The highest BCUT2D eigenvalue weighted by Crippen LogP contribution is 2.21. The van der Waals surface area contributed by atoms with Gasteiger partial charge in [-0.1, -0.05) is 18.2 Å². The van der Waals surface area contributed by atoms with Gasteiger partial charge in [-0.3, -0.25) is 9.59 Å². The van der Waals surface area contributed by atoms with Gasteiger partial charge in [-0.15, -0.1) is 0 Å². The van der Waals surface area contributed by atoms with E-state index < -0.39 is 0 Å². The molecular weight excluding hydrogens is 318 g/mol. The molecule has 1 aliphatic heterocycles. The van der Waals surface area contributed by atoms with Gasteiger partial charge in [0.05, 0.1) is 13.5 Å². The molecule has 1 fully saturated rings. The van der Waals surface area contributed by atoms with E-state index in [0.29, 0.717) is 5.82 Å². The number of aromatic nitrogens is 1. The molecule has 0 radical (unpaired) electrons. The molecule has 1 aromatic heterocycles. The Hall–Kier alpha value is -2.47. The quantitative estimate of drug-likeness (QED) is 0.864. The number of ether oxygens (including phenoxy) is 1. The lowest BCUT2D eigenvalue weighted by Gasteiger charge is -2.27. The third-order valence-electron chi connectivity index (χ3n) is 4.70. The first kappa shape index (κ1) is 17.4. The van der Waals surface area contributed by atoms with Crippen LogP contribution < -0.4 is 5.32 Å². The lowest BCUT2D eigenvalue weighted by molar-refractivity contribution is -0.139. The van der Waals surface area contributed by atoms with Gasteiger partial charge in [-0.25, -0.2) is 4.98 Å². The molecule has 3 rings (SSSR count). The van der Waals surface area contributed by atoms with E-state index in [-0.39, 0.29) is 24.2 Å². The molecule has 1 aromatic carbocycles. The fourth-order valence-electron chi connectivity index (χ4n) is 3.11. The summed E-state index contributed by atoms with van der Waals surface area (Å²) in [5, 5.41) is 4.83. The number of esters is 1. The zero-order valence-electron chi connectivity index (χ0n) is 14.6. The van der Waals surface area contributed by atoms with Crippen LogP contribution >= 0.6 is 0 Å². The van der Waals surface area contributed by atoms with Gasteiger partial charge in [0.25, 0.3) is 0 Å². The zero-order valence-corrected chi connectivity index (χ0v) is 14.6. The number of fused-ring (bicyclic) bond motifs is 1. The number of hydrogen-bond donors (Lipinski definition) is 1. The van der Waals surface area contributed by atoms with Crippen molar-refractivity contribution >= 4 is 28.5 Å². The molecule has 6 heteroatoms. The minimum absolute atomic E-state index is 0.0330. The first-order chi connectivity index (χ1) is 12.0. The van der Waals surface area contributed by atoms with Crippen LogP contribution in [0.4, 0.5) is 5.82 Å². The molecule has 1 aliphatic rings. The molecule has 132 valence electrons. The molecule has 6 nitrogen and oxygen atoms in total. The highest BCUT2D eigenvalue weighted by molar-refractivity contribution is 5.94. The first-order valence-electron chi connectivity index (χ1n) is 8.50. The summed E-state index contributed by atoms with van der Waals surface area (Å²) in [4.78, 5) is 30.4. The summed E-state index contributed by atoms with van der Waals surface area (Å²) >= 11 is 0. The van der Waals surface area contributed by atoms with E-state index >= 15 is 0 Å². The number of nitrogens with zero attached hydrogens (tertiary/aromatic N) is 2. The zero-order chi connectivity index (χ0) is 17.8. The molecule has 0 unspecified atom stereocenters. The predicted molar refractivity (Wildman–Crippen MR) is 96.3 cm³/mol. The van der Waals surface area contributed by atoms with Crippen LogP contribution in [0.3, 0.4) is 0 Å². The van der Waals surface area contributed by atoms with Crippen LogP contribution in [-0.4, -0.2) is 49.0 Å². The number of amides is 1. The Morgan fingerprint density at radius 2 is 2.00 bits per heavy atom. The Bertz CT molecular complexity index is 783. The van der Waals surface area contributed by atoms with Crippen molar-refractivity contribution < 1.29 is 14.3 Å². The number of likely N-dealkylation sites (tertiary alicyclic amines) is 1. The van der Waals surface area contributed by atoms with Crippen LogP contribution in [-0.2, 0) is 20.7 Å². The fraction of sp³-hybridized carbons (Fsp3) is 0.421. The van der Waals surface area contributed by atoms with Gasteiger partial charge in [0.2, 0.25) is 5.91 Å². The highest BCUT2D eigenvalue weighted by Gasteiger charge is 2.23. The Balaban J connectivity index is 1.73. The Morgan fingerprint density at radius 3 is 2.72 bits per heavy atom. The number of nitrogens with one attached hydrogen (secondary N) is 1. The smallest absolute Gasteiger partial charge is 0.309 e. The van der Waals surface area contributed by atoms with E-state index in [1.165, 1.54) is 7.11 Å². The van der Waals surface area contributed by atoms with Gasteiger partial charge in [-0.05, 0) is 50.0 Å². The summed E-state index contributed by atoms with van der Waals surface area (Å²) in [5.41, 5.74) is 0.873. The highest BCUT2D eigenvalue weighted by atomic mass is 16.5. The molecule has 1 amide bonds. The summed E-state index contributed by atoms with van der Waals surface area (Å²) in [7, 11) is 3.45. The molecule has 0 bridgehead atoms. The summed E-state index contributed by atoms with van der Waals surface area (Å²) in [6.45, 7) is 1.89. The van der Waals surface area contributed by atoms with E-state index in [1.807, 2.05) is 24.3 Å². The molecule has 25 heavy (non-hydrogen) atoms.